The molecule has 2 aliphatic heterocycles. The number of benzene rings is 2. The van der Waals surface area contributed by atoms with Crippen LogP contribution in [0.15, 0.2) is 53.5 Å². The van der Waals surface area contributed by atoms with Crippen LogP contribution >= 0.6 is 23.4 Å². The molecule has 25 heavy (non-hydrogen) atoms. The normalized spacial score (nSPS) is 21.6. The Kier molecular flexibility index (Phi) is 4.01. The molecule has 2 aromatic carbocycles. The van der Waals surface area contributed by atoms with Gasteiger partial charge in [-0.3, -0.25) is 14.5 Å². The summed E-state index contributed by atoms with van der Waals surface area (Å²) in [5.41, 5.74) is 2.52. The predicted molar refractivity (Wildman–Crippen MR) is 97.3 cm³/mol. The maximum Gasteiger partial charge on any atom is 0.305 e. The highest BCUT2D eigenvalue weighted by atomic mass is 35.5. The van der Waals surface area contributed by atoms with Crippen molar-refractivity contribution >= 4 is 46.1 Å². The molecular weight excluding hydrogens is 360 g/mol. The van der Waals surface area contributed by atoms with Gasteiger partial charge in [0.2, 0.25) is 5.91 Å². The van der Waals surface area contributed by atoms with E-state index in [9.17, 15) is 9.59 Å². The second-order valence-corrected chi connectivity index (χ2v) is 7.43. The van der Waals surface area contributed by atoms with Gasteiger partial charge in [-0.15, -0.1) is 0 Å². The number of carboxylic acid groups (broad SMARTS) is 1. The fourth-order valence-electron chi connectivity index (χ4n) is 3.14. The number of hydrogen-bond donors (Lipinski definition) is 1. The number of carboxylic acids is 1. The van der Waals surface area contributed by atoms with E-state index in [4.69, 9.17) is 16.7 Å². The average Bonchev–Trinajstić information content (AvgIpc) is 2.89. The molecule has 2 heterocycles. The van der Waals surface area contributed by atoms with Crippen LogP contribution in [0.5, 0.6) is 0 Å². The Labute approximate surface area is 153 Å². The van der Waals surface area contributed by atoms with Gasteiger partial charge in [-0.2, -0.15) is 0 Å². The van der Waals surface area contributed by atoms with E-state index in [1.807, 2.05) is 42.5 Å². The second-order valence-electron chi connectivity index (χ2n) is 5.82. The van der Waals surface area contributed by atoms with Gasteiger partial charge in [0.1, 0.15) is 5.25 Å². The van der Waals surface area contributed by atoms with Crippen LogP contribution in [-0.4, -0.2) is 32.3 Å². The van der Waals surface area contributed by atoms with Crippen molar-refractivity contribution in [2.75, 3.05) is 0 Å². The predicted octanol–water partition coefficient (Wildman–Crippen LogP) is 3.85. The van der Waals surface area contributed by atoms with Crippen LogP contribution in [-0.2, 0) is 9.59 Å². The molecule has 1 amide bonds. The summed E-state index contributed by atoms with van der Waals surface area (Å²) in [7, 11) is 0. The third-order valence-corrected chi connectivity index (χ3v) is 5.59. The van der Waals surface area contributed by atoms with E-state index in [-0.39, 0.29) is 18.4 Å². The van der Waals surface area contributed by atoms with Gasteiger partial charge in [0.05, 0.1) is 18.2 Å². The molecule has 1 fully saturated rings. The number of amides is 1. The number of thioether (sulfide) groups is 1. The summed E-state index contributed by atoms with van der Waals surface area (Å²) in [5.74, 6) is -1.23. The van der Waals surface area contributed by atoms with Crippen molar-refractivity contribution in [2.24, 2.45) is 4.99 Å². The smallest absolute Gasteiger partial charge is 0.305 e. The van der Waals surface area contributed by atoms with Crippen molar-refractivity contribution in [1.29, 1.82) is 0 Å². The summed E-state index contributed by atoms with van der Waals surface area (Å²) < 4.78 is 0. The summed E-state index contributed by atoms with van der Waals surface area (Å²) in [6.45, 7) is 0. The minimum absolute atomic E-state index is 0.225. The molecule has 0 aromatic heterocycles. The Balaban J connectivity index is 1.85. The van der Waals surface area contributed by atoms with E-state index in [0.717, 1.165) is 16.8 Å². The molecule has 1 saturated heterocycles. The first kappa shape index (κ1) is 16.2. The number of hydrogen-bond acceptors (Lipinski definition) is 4. The zero-order valence-corrected chi connectivity index (χ0v) is 14.5. The maximum absolute atomic E-state index is 12.9. The van der Waals surface area contributed by atoms with Crippen molar-refractivity contribution in [2.45, 2.75) is 17.7 Å². The van der Waals surface area contributed by atoms with Crippen LogP contribution in [0.4, 0.5) is 5.69 Å². The molecule has 0 spiro atoms. The Morgan fingerprint density at radius 2 is 2.00 bits per heavy atom. The molecule has 0 unspecified atom stereocenters. The number of amidine groups is 1. The largest absolute Gasteiger partial charge is 0.481 e. The highest BCUT2D eigenvalue weighted by Gasteiger charge is 2.46. The SMILES string of the molecule is O=C(O)C[C@@H]1SC2=Nc3ccc(Cl)cc3[C@H](c3ccccc3)N2C1=O. The standard InChI is InChI=1S/C18H13ClN2O3S/c19-11-6-7-13-12(8-11)16(10-4-2-1-3-5-10)21-17(24)14(9-15(22)23)25-18(21)20-13/h1-8,14,16H,9H2,(H,22,23)/t14-,16-/m0/s1. The van der Waals surface area contributed by atoms with E-state index in [1.165, 1.54) is 11.8 Å². The van der Waals surface area contributed by atoms with Crippen molar-refractivity contribution in [3.63, 3.8) is 0 Å². The maximum atomic E-state index is 12.9. The molecule has 5 nitrogen and oxygen atoms in total. The van der Waals surface area contributed by atoms with Crippen LogP contribution in [0.1, 0.15) is 23.6 Å². The Hall–Kier alpha value is -2.31. The van der Waals surface area contributed by atoms with Gasteiger partial charge in [0.25, 0.3) is 0 Å². The molecule has 0 aliphatic carbocycles. The fraction of sp³-hybridized carbons (Fsp3) is 0.167. The number of aliphatic imine (C=N–C) groups is 1. The van der Waals surface area contributed by atoms with Crippen molar-refractivity contribution in [3.8, 4) is 0 Å². The van der Waals surface area contributed by atoms with Gasteiger partial charge in [-0.1, -0.05) is 53.7 Å². The van der Waals surface area contributed by atoms with Crippen LogP contribution in [0.25, 0.3) is 0 Å². The monoisotopic (exact) mass is 372 g/mol. The minimum atomic E-state index is -0.997. The van der Waals surface area contributed by atoms with E-state index in [0.29, 0.717) is 10.2 Å². The molecular formula is C18H13ClN2O3S. The third-order valence-electron chi connectivity index (χ3n) is 4.20. The number of nitrogens with zero attached hydrogens (tertiary/aromatic N) is 2. The van der Waals surface area contributed by atoms with E-state index < -0.39 is 11.2 Å². The van der Waals surface area contributed by atoms with E-state index >= 15 is 0 Å². The summed E-state index contributed by atoms with van der Waals surface area (Å²) in [6.07, 6.45) is -0.225. The lowest BCUT2D eigenvalue weighted by atomic mass is 9.94. The molecule has 7 heteroatoms. The van der Waals surface area contributed by atoms with Gasteiger partial charge in [-0.05, 0) is 23.8 Å². The summed E-state index contributed by atoms with van der Waals surface area (Å²) in [5, 5.41) is 9.53. The first-order valence-electron chi connectivity index (χ1n) is 7.69. The van der Waals surface area contributed by atoms with E-state index in [2.05, 4.69) is 4.99 Å². The topological polar surface area (TPSA) is 70.0 Å². The lowest BCUT2D eigenvalue weighted by molar-refractivity contribution is -0.139. The van der Waals surface area contributed by atoms with Crippen LogP contribution in [0.2, 0.25) is 5.02 Å². The van der Waals surface area contributed by atoms with Gasteiger partial charge < -0.3 is 5.11 Å². The van der Waals surface area contributed by atoms with Crippen LogP contribution in [0, 0.1) is 0 Å². The summed E-state index contributed by atoms with van der Waals surface area (Å²) >= 11 is 7.38. The molecule has 2 aliphatic rings. The highest BCUT2D eigenvalue weighted by Crippen LogP contribution is 2.46. The zero-order valence-electron chi connectivity index (χ0n) is 12.9. The van der Waals surface area contributed by atoms with E-state index in [1.54, 1.807) is 11.0 Å². The van der Waals surface area contributed by atoms with Crippen molar-refractivity contribution in [1.82, 2.24) is 4.90 Å². The first-order chi connectivity index (χ1) is 12.0. The Bertz CT molecular complexity index is 900. The fourth-order valence-corrected chi connectivity index (χ4v) is 4.48. The lowest BCUT2D eigenvalue weighted by Gasteiger charge is -2.32. The number of rotatable bonds is 3. The van der Waals surface area contributed by atoms with Crippen molar-refractivity contribution in [3.05, 3.63) is 64.7 Å². The average molecular weight is 373 g/mol. The van der Waals surface area contributed by atoms with Crippen LogP contribution < -0.4 is 0 Å². The molecule has 1 N–H and O–H groups in total. The lowest BCUT2D eigenvalue weighted by Crippen LogP contribution is -2.38. The van der Waals surface area contributed by atoms with Gasteiger partial charge >= 0.3 is 5.97 Å². The van der Waals surface area contributed by atoms with Gasteiger partial charge in [0, 0.05) is 10.6 Å². The molecule has 4 rings (SSSR count). The number of aliphatic carboxylic acids is 1. The number of halogens is 1. The summed E-state index contributed by atoms with van der Waals surface area (Å²) in [6, 6.07) is 14.7. The molecule has 2 atom stereocenters. The molecule has 0 radical (unpaired) electrons. The number of fused-ring (bicyclic) bond motifs is 2. The minimum Gasteiger partial charge on any atom is -0.481 e. The molecule has 126 valence electrons. The second kappa shape index (κ2) is 6.20. The van der Waals surface area contributed by atoms with Crippen LogP contribution in [0.3, 0.4) is 0 Å². The molecule has 2 aromatic rings. The Morgan fingerprint density at radius 1 is 1.24 bits per heavy atom. The van der Waals surface area contributed by atoms with Gasteiger partial charge in [0.15, 0.2) is 5.17 Å². The van der Waals surface area contributed by atoms with Gasteiger partial charge in [-0.25, -0.2) is 4.99 Å². The third kappa shape index (κ3) is 2.81. The van der Waals surface area contributed by atoms with Crippen molar-refractivity contribution < 1.29 is 14.7 Å². The summed E-state index contributed by atoms with van der Waals surface area (Å²) in [4.78, 5) is 30.1. The Morgan fingerprint density at radius 3 is 2.72 bits per heavy atom. The number of carbonyl (C=O) groups is 2. The quantitative estimate of drug-likeness (QED) is 0.888. The zero-order chi connectivity index (χ0) is 17.6. The number of carbonyl (C=O) groups excluding carboxylic acids is 1. The molecule has 0 saturated carbocycles. The highest BCUT2D eigenvalue weighted by molar-refractivity contribution is 8.15. The molecule has 0 bridgehead atoms. The first-order valence-corrected chi connectivity index (χ1v) is 8.95.